The summed E-state index contributed by atoms with van der Waals surface area (Å²) in [5, 5.41) is 27.7. The van der Waals surface area contributed by atoms with E-state index in [4.69, 9.17) is 9.84 Å². The summed E-state index contributed by atoms with van der Waals surface area (Å²) in [5.74, 6) is -0.221. The number of hydrogen-bond donors (Lipinski definition) is 3. The highest BCUT2D eigenvalue weighted by molar-refractivity contribution is 4.87. The second-order valence-electron chi connectivity index (χ2n) is 3.40. The third kappa shape index (κ3) is 1.61. The maximum atomic E-state index is 9.48. The van der Waals surface area contributed by atoms with Gasteiger partial charge in [-0.2, -0.15) is 0 Å². The summed E-state index contributed by atoms with van der Waals surface area (Å²) in [5.41, 5.74) is 0. The third-order valence-corrected chi connectivity index (χ3v) is 2.53. The van der Waals surface area contributed by atoms with Crippen molar-refractivity contribution in [3.8, 4) is 0 Å². The van der Waals surface area contributed by atoms with Crippen molar-refractivity contribution in [1.82, 2.24) is 0 Å². The largest absolute Gasteiger partial charge is 0.394 e. The lowest BCUT2D eigenvalue weighted by Gasteiger charge is -2.39. The zero-order chi connectivity index (χ0) is 9.30. The average molecular weight is 176 g/mol. The molecule has 5 atom stereocenters. The zero-order valence-electron chi connectivity index (χ0n) is 7.34. The monoisotopic (exact) mass is 176 g/mol. The standard InChI is InChI=1S/C8H16O4/c1-4-6(3-9)12-5(2)8(11)7(4)10/h4-11H,3H2,1-2H3/t4-,5-,6?,7?,8+/m0/s1. The SMILES string of the molecule is C[C@H]1C(CO)O[C@@H](C)[C@@H](O)C1O. The van der Waals surface area contributed by atoms with Crippen LogP contribution in [0.5, 0.6) is 0 Å². The van der Waals surface area contributed by atoms with Crippen LogP contribution >= 0.6 is 0 Å². The maximum absolute atomic E-state index is 9.48. The van der Waals surface area contributed by atoms with E-state index in [1.54, 1.807) is 13.8 Å². The van der Waals surface area contributed by atoms with Crippen molar-refractivity contribution in [2.75, 3.05) is 6.61 Å². The zero-order valence-corrected chi connectivity index (χ0v) is 7.34. The predicted molar refractivity (Wildman–Crippen MR) is 42.6 cm³/mol. The van der Waals surface area contributed by atoms with Gasteiger partial charge in [0.2, 0.25) is 0 Å². The molecule has 4 nitrogen and oxygen atoms in total. The first-order valence-corrected chi connectivity index (χ1v) is 4.20. The number of hydrogen-bond acceptors (Lipinski definition) is 4. The summed E-state index contributed by atoms with van der Waals surface area (Å²) in [6, 6.07) is 0. The Bertz CT molecular complexity index is 145. The van der Waals surface area contributed by atoms with Gasteiger partial charge < -0.3 is 20.1 Å². The molecule has 2 unspecified atom stereocenters. The van der Waals surface area contributed by atoms with Crippen molar-refractivity contribution < 1.29 is 20.1 Å². The highest BCUT2D eigenvalue weighted by Crippen LogP contribution is 2.25. The molecule has 4 heteroatoms. The summed E-state index contributed by atoms with van der Waals surface area (Å²) in [6.07, 6.45) is -2.42. The molecule has 0 aromatic heterocycles. The molecular formula is C8H16O4. The van der Waals surface area contributed by atoms with Gasteiger partial charge in [0.1, 0.15) is 6.10 Å². The summed E-state index contributed by atoms with van der Waals surface area (Å²) < 4.78 is 5.27. The fraction of sp³-hybridized carbons (Fsp3) is 1.00. The van der Waals surface area contributed by atoms with Crippen molar-refractivity contribution in [2.45, 2.75) is 38.3 Å². The van der Waals surface area contributed by atoms with E-state index in [0.29, 0.717) is 0 Å². The Morgan fingerprint density at radius 3 is 2.25 bits per heavy atom. The van der Waals surface area contributed by atoms with E-state index in [0.717, 1.165) is 0 Å². The van der Waals surface area contributed by atoms with Gasteiger partial charge in [0.25, 0.3) is 0 Å². The van der Waals surface area contributed by atoms with Crippen LogP contribution in [0, 0.1) is 5.92 Å². The molecule has 3 N–H and O–H groups in total. The lowest BCUT2D eigenvalue weighted by molar-refractivity contribution is -0.198. The second-order valence-corrected chi connectivity index (χ2v) is 3.40. The van der Waals surface area contributed by atoms with Crippen molar-refractivity contribution in [3.05, 3.63) is 0 Å². The summed E-state index contributed by atoms with van der Waals surface area (Å²) in [6.45, 7) is 3.32. The van der Waals surface area contributed by atoms with Gasteiger partial charge in [0.15, 0.2) is 0 Å². The molecule has 12 heavy (non-hydrogen) atoms. The average Bonchev–Trinajstić information content (AvgIpc) is 2.08. The molecule has 0 bridgehead atoms. The molecule has 1 aliphatic rings. The van der Waals surface area contributed by atoms with Crippen LogP contribution in [-0.2, 0) is 4.74 Å². The van der Waals surface area contributed by atoms with E-state index in [9.17, 15) is 10.2 Å². The molecule has 0 radical (unpaired) electrons. The Labute approximate surface area is 71.8 Å². The van der Waals surface area contributed by atoms with Gasteiger partial charge in [0.05, 0.1) is 24.9 Å². The molecule has 0 aliphatic carbocycles. The minimum Gasteiger partial charge on any atom is -0.394 e. The van der Waals surface area contributed by atoms with Gasteiger partial charge in [-0.3, -0.25) is 0 Å². The fourth-order valence-electron chi connectivity index (χ4n) is 1.50. The Hall–Kier alpha value is -0.160. The van der Waals surface area contributed by atoms with Gasteiger partial charge in [-0.25, -0.2) is 0 Å². The highest BCUT2D eigenvalue weighted by Gasteiger charge is 2.39. The van der Waals surface area contributed by atoms with Crippen molar-refractivity contribution in [1.29, 1.82) is 0 Å². The first-order chi connectivity index (χ1) is 5.57. The molecule has 0 aromatic carbocycles. The molecule has 1 heterocycles. The molecule has 0 aromatic rings. The molecular weight excluding hydrogens is 160 g/mol. The van der Waals surface area contributed by atoms with Crippen LogP contribution < -0.4 is 0 Å². The number of aliphatic hydroxyl groups is 3. The Kier molecular flexibility index (Phi) is 3.06. The van der Waals surface area contributed by atoms with Crippen LogP contribution in [0.1, 0.15) is 13.8 Å². The normalized spacial score (nSPS) is 49.2. The first kappa shape index (κ1) is 9.92. The van der Waals surface area contributed by atoms with Gasteiger partial charge in [-0.1, -0.05) is 6.92 Å². The number of rotatable bonds is 1. The molecule has 1 saturated heterocycles. The second kappa shape index (κ2) is 3.70. The van der Waals surface area contributed by atoms with Crippen molar-refractivity contribution in [2.24, 2.45) is 5.92 Å². The summed E-state index contributed by atoms with van der Waals surface area (Å²) >= 11 is 0. The van der Waals surface area contributed by atoms with E-state index < -0.39 is 18.3 Å². The van der Waals surface area contributed by atoms with Gasteiger partial charge in [-0.05, 0) is 6.92 Å². The maximum Gasteiger partial charge on any atom is 0.106 e. The lowest BCUT2D eigenvalue weighted by atomic mass is 9.89. The van der Waals surface area contributed by atoms with E-state index in [-0.39, 0.29) is 18.6 Å². The van der Waals surface area contributed by atoms with E-state index >= 15 is 0 Å². The van der Waals surface area contributed by atoms with Gasteiger partial charge in [0, 0.05) is 5.92 Å². The summed E-state index contributed by atoms with van der Waals surface area (Å²) in [4.78, 5) is 0. The Morgan fingerprint density at radius 2 is 1.75 bits per heavy atom. The lowest BCUT2D eigenvalue weighted by Crippen LogP contribution is -2.53. The Morgan fingerprint density at radius 1 is 1.17 bits per heavy atom. The summed E-state index contributed by atoms with van der Waals surface area (Å²) in [7, 11) is 0. The smallest absolute Gasteiger partial charge is 0.106 e. The van der Waals surface area contributed by atoms with Crippen LogP contribution in [0.2, 0.25) is 0 Å². The molecule has 1 aliphatic heterocycles. The molecule has 0 saturated carbocycles. The topological polar surface area (TPSA) is 69.9 Å². The van der Waals surface area contributed by atoms with Crippen LogP contribution in [0.4, 0.5) is 0 Å². The predicted octanol–water partition coefficient (Wildman–Crippen LogP) is -0.876. The van der Waals surface area contributed by atoms with Gasteiger partial charge in [-0.15, -0.1) is 0 Å². The molecule has 0 amide bonds. The number of aliphatic hydroxyl groups excluding tert-OH is 3. The molecule has 72 valence electrons. The van der Waals surface area contributed by atoms with Gasteiger partial charge >= 0.3 is 0 Å². The van der Waals surface area contributed by atoms with Crippen molar-refractivity contribution >= 4 is 0 Å². The molecule has 1 fully saturated rings. The third-order valence-electron chi connectivity index (χ3n) is 2.53. The minimum atomic E-state index is -0.845. The number of ether oxygens (including phenoxy) is 1. The first-order valence-electron chi connectivity index (χ1n) is 4.20. The molecule has 1 rings (SSSR count). The molecule has 0 spiro atoms. The van der Waals surface area contributed by atoms with Crippen LogP contribution in [0.15, 0.2) is 0 Å². The minimum absolute atomic E-state index is 0.116. The Balaban J connectivity index is 2.63. The van der Waals surface area contributed by atoms with E-state index in [1.165, 1.54) is 0 Å². The van der Waals surface area contributed by atoms with Crippen LogP contribution in [-0.4, -0.2) is 46.3 Å². The van der Waals surface area contributed by atoms with Crippen LogP contribution in [0.25, 0.3) is 0 Å². The van der Waals surface area contributed by atoms with E-state index in [2.05, 4.69) is 0 Å². The fourth-order valence-corrected chi connectivity index (χ4v) is 1.50. The highest BCUT2D eigenvalue weighted by atomic mass is 16.5. The van der Waals surface area contributed by atoms with Crippen molar-refractivity contribution in [3.63, 3.8) is 0 Å². The van der Waals surface area contributed by atoms with Crippen LogP contribution in [0.3, 0.4) is 0 Å². The van der Waals surface area contributed by atoms with E-state index in [1.807, 2.05) is 0 Å². The quantitative estimate of drug-likeness (QED) is 0.485.